The van der Waals surface area contributed by atoms with Crippen LogP contribution in [0.2, 0.25) is 0 Å². The number of hydrogen-bond donors (Lipinski definition) is 1. The Morgan fingerprint density at radius 3 is 2.43 bits per heavy atom. The van der Waals surface area contributed by atoms with Gasteiger partial charge in [-0.15, -0.1) is 0 Å². The first-order valence-corrected chi connectivity index (χ1v) is 10.2. The third-order valence-electron chi connectivity index (χ3n) is 5.09. The molecule has 30 heavy (non-hydrogen) atoms. The lowest BCUT2D eigenvalue weighted by Crippen LogP contribution is -2.39. The standard InChI is InChI=1S/C23H28N4O3/c1-17-10-9-13-20(22(17)23(29)27(24)19-11-5-3-6-12-19)25-21(16-30-18(2)28)26-14-7-4-8-15-26/h3,5-6,9-13H,4,7-8,14-16,24H2,1-2H3. The minimum Gasteiger partial charge on any atom is -0.458 e. The number of hydrazine groups is 1. The normalized spacial score (nSPS) is 14.4. The monoisotopic (exact) mass is 408 g/mol. The van der Waals surface area contributed by atoms with Gasteiger partial charge in [0.1, 0.15) is 12.4 Å². The maximum absolute atomic E-state index is 13.2. The van der Waals surface area contributed by atoms with Gasteiger partial charge in [0, 0.05) is 20.0 Å². The third-order valence-corrected chi connectivity index (χ3v) is 5.09. The van der Waals surface area contributed by atoms with Crippen molar-refractivity contribution in [1.29, 1.82) is 0 Å². The van der Waals surface area contributed by atoms with Gasteiger partial charge in [0.2, 0.25) is 0 Å². The van der Waals surface area contributed by atoms with E-state index >= 15 is 0 Å². The number of aliphatic imine (C=N–C) groups is 1. The van der Waals surface area contributed by atoms with E-state index in [0.717, 1.165) is 36.5 Å². The van der Waals surface area contributed by atoms with Crippen molar-refractivity contribution in [2.45, 2.75) is 33.1 Å². The average Bonchev–Trinajstić information content (AvgIpc) is 2.77. The van der Waals surface area contributed by atoms with Gasteiger partial charge in [0.05, 0.1) is 16.9 Å². The predicted molar refractivity (Wildman–Crippen MR) is 118 cm³/mol. The number of ether oxygens (including phenoxy) is 1. The molecule has 0 atom stereocenters. The Balaban J connectivity index is 1.98. The Kier molecular flexibility index (Phi) is 7.19. The van der Waals surface area contributed by atoms with Crippen LogP contribution in [0.5, 0.6) is 0 Å². The number of para-hydroxylation sites is 1. The largest absolute Gasteiger partial charge is 0.458 e. The van der Waals surface area contributed by atoms with Crippen LogP contribution < -0.4 is 10.9 Å². The highest BCUT2D eigenvalue weighted by molar-refractivity contribution is 6.10. The molecule has 0 aromatic heterocycles. The van der Waals surface area contributed by atoms with Crippen LogP contribution in [0.15, 0.2) is 53.5 Å². The van der Waals surface area contributed by atoms with Gasteiger partial charge in [0.15, 0.2) is 0 Å². The number of nitrogens with zero attached hydrogens (tertiary/aromatic N) is 3. The summed E-state index contributed by atoms with van der Waals surface area (Å²) < 4.78 is 5.25. The number of aryl methyl sites for hydroxylation is 1. The number of piperidine rings is 1. The van der Waals surface area contributed by atoms with Gasteiger partial charge in [-0.3, -0.25) is 9.59 Å². The van der Waals surface area contributed by atoms with Crippen molar-refractivity contribution >= 4 is 29.1 Å². The molecular formula is C23H28N4O3. The summed E-state index contributed by atoms with van der Waals surface area (Å²) in [5.74, 6) is 6.07. The summed E-state index contributed by atoms with van der Waals surface area (Å²) in [7, 11) is 0. The van der Waals surface area contributed by atoms with E-state index in [2.05, 4.69) is 4.90 Å². The molecule has 158 valence electrons. The second-order valence-corrected chi connectivity index (χ2v) is 7.34. The van der Waals surface area contributed by atoms with Crippen LogP contribution in [0.1, 0.15) is 42.1 Å². The van der Waals surface area contributed by atoms with Gasteiger partial charge in [-0.25, -0.2) is 15.8 Å². The van der Waals surface area contributed by atoms with Crippen molar-refractivity contribution < 1.29 is 14.3 Å². The van der Waals surface area contributed by atoms with Crippen molar-refractivity contribution in [3.63, 3.8) is 0 Å². The van der Waals surface area contributed by atoms with Crippen LogP contribution in [0.4, 0.5) is 11.4 Å². The smallest absolute Gasteiger partial charge is 0.303 e. The molecule has 1 fully saturated rings. The number of carbonyl (C=O) groups excluding carboxylic acids is 2. The van der Waals surface area contributed by atoms with Gasteiger partial charge in [-0.2, -0.15) is 0 Å². The van der Waals surface area contributed by atoms with Crippen LogP contribution in [0, 0.1) is 6.92 Å². The molecule has 1 aliphatic rings. The molecule has 2 N–H and O–H groups in total. The molecule has 1 heterocycles. The first-order chi connectivity index (χ1) is 14.5. The van der Waals surface area contributed by atoms with Gasteiger partial charge >= 0.3 is 5.97 Å². The number of amidine groups is 1. The number of likely N-dealkylation sites (tertiary alicyclic amines) is 1. The highest BCUT2D eigenvalue weighted by Crippen LogP contribution is 2.26. The Hall–Kier alpha value is -3.19. The summed E-state index contributed by atoms with van der Waals surface area (Å²) >= 11 is 0. The second-order valence-electron chi connectivity index (χ2n) is 7.34. The molecule has 3 rings (SSSR count). The van der Waals surface area contributed by atoms with E-state index in [4.69, 9.17) is 15.6 Å². The van der Waals surface area contributed by atoms with Crippen LogP contribution in [-0.2, 0) is 9.53 Å². The fourth-order valence-electron chi connectivity index (χ4n) is 3.50. The second kappa shape index (κ2) is 10.0. The topological polar surface area (TPSA) is 88.2 Å². The first-order valence-electron chi connectivity index (χ1n) is 10.2. The van der Waals surface area contributed by atoms with Crippen molar-refractivity contribution in [2.75, 3.05) is 24.7 Å². The molecule has 1 saturated heterocycles. The number of esters is 1. The van der Waals surface area contributed by atoms with E-state index < -0.39 is 0 Å². The van der Waals surface area contributed by atoms with E-state index in [1.807, 2.05) is 37.3 Å². The highest BCUT2D eigenvalue weighted by atomic mass is 16.5. The zero-order valence-electron chi connectivity index (χ0n) is 17.5. The van der Waals surface area contributed by atoms with Crippen LogP contribution in [0.25, 0.3) is 0 Å². The minimum absolute atomic E-state index is 0.0714. The Morgan fingerprint density at radius 2 is 1.77 bits per heavy atom. The summed E-state index contributed by atoms with van der Waals surface area (Å²) in [5.41, 5.74) is 2.32. The molecule has 7 nitrogen and oxygen atoms in total. The molecule has 0 aliphatic carbocycles. The molecule has 0 saturated carbocycles. The molecule has 0 unspecified atom stereocenters. The first kappa shape index (κ1) is 21.5. The van der Waals surface area contributed by atoms with Gasteiger partial charge in [-0.1, -0.05) is 30.3 Å². The van der Waals surface area contributed by atoms with E-state index in [0.29, 0.717) is 22.8 Å². The number of anilines is 1. The minimum atomic E-state index is -0.363. The number of hydrogen-bond acceptors (Lipinski definition) is 5. The maximum Gasteiger partial charge on any atom is 0.303 e. The summed E-state index contributed by atoms with van der Waals surface area (Å²) in [6.45, 7) is 5.01. The van der Waals surface area contributed by atoms with Crippen LogP contribution >= 0.6 is 0 Å². The zero-order chi connectivity index (χ0) is 21.5. The molecule has 0 spiro atoms. The molecule has 1 aliphatic heterocycles. The van der Waals surface area contributed by atoms with Gasteiger partial charge in [0.25, 0.3) is 5.91 Å². The lowest BCUT2D eigenvalue weighted by atomic mass is 10.1. The molecule has 2 aromatic rings. The Labute approximate surface area is 177 Å². The van der Waals surface area contributed by atoms with E-state index in [9.17, 15) is 9.59 Å². The number of nitrogens with two attached hydrogens (primary N) is 1. The fraction of sp³-hybridized carbons (Fsp3) is 0.348. The Bertz CT molecular complexity index is 921. The highest BCUT2D eigenvalue weighted by Gasteiger charge is 2.22. The quantitative estimate of drug-likeness (QED) is 0.204. The third kappa shape index (κ3) is 5.24. The lowest BCUT2D eigenvalue weighted by Gasteiger charge is -2.30. The molecule has 0 bridgehead atoms. The van der Waals surface area contributed by atoms with Crippen molar-refractivity contribution in [1.82, 2.24) is 4.90 Å². The van der Waals surface area contributed by atoms with E-state index in [1.165, 1.54) is 13.3 Å². The average molecular weight is 409 g/mol. The molecular weight excluding hydrogens is 380 g/mol. The Morgan fingerprint density at radius 1 is 1.07 bits per heavy atom. The van der Waals surface area contributed by atoms with E-state index in [1.54, 1.807) is 18.2 Å². The predicted octanol–water partition coefficient (Wildman–Crippen LogP) is 3.59. The SMILES string of the molecule is CC(=O)OCC(=Nc1cccc(C)c1C(=O)N(N)c1ccccc1)N1CCCCC1. The van der Waals surface area contributed by atoms with Crippen LogP contribution in [-0.4, -0.2) is 42.3 Å². The summed E-state index contributed by atoms with van der Waals surface area (Å²) in [5, 5.41) is 1.13. The fourth-order valence-corrected chi connectivity index (χ4v) is 3.50. The van der Waals surface area contributed by atoms with Gasteiger partial charge in [-0.05, 0) is 49.9 Å². The zero-order valence-corrected chi connectivity index (χ0v) is 17.5. The molecule has 1 amide bonds. The summed E-state index contributed by atoms with van der Waals surface area (Å²) in [6.07, 6.45) is 3.29. The van der Waals surface area contributed by atoms with E-state index in [-0.39, 0.29) is 18.5 Å². The van der Waals surface area contributed by atoms with Crippen LogP contribution in [0.3, 0.4) is 0 Å². The summed E-state index contributed by atoms with van der Waals surface area (Å²) in [6, 6.07) is 14.6. The molecule has 2 aromatic carbocycles. The number of carbonyl (C=O) groups is 2. The number of amides is 1. The number of benzene rings is 2. The number of rotatable bonds is 5. The van der Waals surface area contributed by atoms with Crippen molar-refractivity contribution in [2.24, 2.45) is 10.8 Å². The maximum atomic E-state index is 13.2. The van der Waals surface area contributed by atoms with Gasteiger partial charge < -0.3 is 9.64 Å². The van der Waals surface area contributed by atoms with Crippen molar-refractivity contribution in [3.05, 3.63) is 59.7 Å². The molecule has 0 radical (unpaired) electrons. The lowest BCUT2D eigenvalue weighted by molar-refractivity contribution is -0.139. The summed E-state index contributed by atoms with van der Waals surface area (Å²) in [4.78, 5) is 31.5. The van der Waals surface area contributed by atoms with Crippen molar-refractivity contribution in [3.8, 4) is 0 Å². The molecule has 7 heteroatoms.